The third-order valence-electron chi connectivity index (χ3n) is 5.89. The van der Waals surface area contributed by atoms with Crippen molar-refractivity contribution < 1.29 is 38.5 Å². The molecule has 1 aliphatic rings. The molecule has 0 heterocycles. The Bertz CT molecular complexity index is 970. The predicted molar refractivity (Wildman–Crippen MR) is 165 cm³/mol. The van der Waals surface area contributed by atoms with E-state index in [9.17, 15) is 24.3 Å². The zero-order valence-corrected chi connectivity index (χ0v) is 28.3. The number of aliphatic hydroxyl groups is 1. The summed E-state index contributed by atoms with van der Waals surface area (Å²) in [5, 5.41) is 20.3. The first-order valence-corrected chi connectivity index (χ1v) is 16.8. The van der Waals surface area contributed by atoms with Crippen LogP contribution in [0.3, 0.4) is 0 Å². The Morgan fingerprint density at radius 2 is 1.51 bits per heavy atom. The average Bonchev–Trinajstić information content (AvgIpc) is 3.13. The molecule has 1 saturated carbocycles. The van der Waals surface area contributed by atoms with Crippen molar-refractivity contribution in [2.24, 2.45) is 10.9 Å². The van der Waals surface area contributed by atoms with Crippen molar-refractivity contribution in [3.8, 4) is 0 Å². The number of esters is 1. The first-order valence-electron chi connectivity index (χ1n) is 13.1. The number of nitrogens with zero attached hydrogens (tertiary/aromatic N) is 1. The van der Waals surface area contributed by atoms with Crippen LogP contribution in [-0.4, -0.2) is 92.8 Å². The molecule has 0 aliphatic heterocycles. The summed E-state index contributed by atoms with van der Waals surface area (Å²) in [7, 11) is 0. The Morgan fingerprint density at radius 3 is 1.95 bits per heavy atom. The summed E-state index contributed by atoms with van der Waals surface area (Å²) < 4.78 is 15.2. The van der Waals surface area contributed by atoms with Crippen LogP contribution >= 0.6 is 35.3 Å². The number of carbonyl (C=O) groups excluding carboxylic acids is 4. The molecule has 4 N–H and O–H groups in total. The molecule has 0 saturated heterocycles. The highest BCUT2D eigenvalue weighted by Crippen LogP contribution is 2.58. The number of carbonyl (C=O) groups is 4. The fraction of sp³-hybridized carbons (Fsp3) is 0.808. The molecule has 1 aliphatic carbocycles. The van der Waals surface area contributed by atoms with E-state index in [0.717, 1.165) is 0 Å². The first kappa shape index (κ1) is 37.2. The van der Waals surface area contributed by atoms with Gasteiger partial charge in [-0.15, -0.1) is 40.3 Å². The SMILES string of the molecule is CCOC(=O)C(NC(C)=O)[C@@H]1CC(O)(C(SC)(SC)SC)C[C@@H]1NC(=NC(=O)OC(C)(C)C)NC(=O)OC(C)(C)C. The van der Waals surface area contributed by atoms with Crippen molar-refractivity contribution in [2.75, 3.05) is 25.4 Å². The molecule has 12 nitrogen and oxygen atoms in total. The number of ether oxygens (including phenoxy) is 3. The highest BCUT2D eigenvalue weighted by molar-refractivity contribution is 8.33. The van der Waals surface area contributed by atoms with Crippen LogP contribution in [-0.2, 0) is 23.8 Å². The molecule has 0 aromatic heterocycles. The minimum atomic E-state index is -1.36. The third kappa shape index (κ3) is 11.1. The smallest absolute Gasteiger partial charge is 0.437 e. The Labute approximate surface area is 256 Å². The Morgan fingerprint density at radius 1 is 0.976 bits per heavy atom. The van der Waals surface area contributed by atoms with Gasteiger partial charge in [0.25, 0.3) is 0 Å². The van der Waals surface area contributed by atoms with Crippen LogP contribution in [0.5, 0.6) is 0 Å². The number of alkyl carbamates (subject to hydrolysis) is 1. The van der Waals surface area contributed by atoms with E-state index in [0.29, 0.717) is 0 Å². The number of hydrogen-bond donors (Lipinski definition) is 4. The Balaban J connectivity index is 3.65. The van der Waals surface area contributed by atoms with Gasteiger partial charge in [0.05, 0.1) is 6.61 Å². The van der Waals surface area contributed by atoms with Crippen molar-refractivity contribution in [1.29, 1.82) is 0 Å². The number of nitrogens with one attached hydrogen (secondary N) is 3. The quantitative estimate of drug-likeness (QED) is 0.0953. The topological polar surface area (TPSA) is 165 Å². The molecular weight excluding hydrogens is 593 g/mol. The second-order valence-corrected chi connectivity index (χ2v) is 15.4. The standard InChI is InChI=1S/C26H46N4O8S3/c1-12-36-19(32)18(27-15(2)31)16-13-25(35,26(39-9,40-10)41-11)14-17(16)28-20(29-21(33)37-23(3,4)5)30-22(34)38-24(6,7)8/h16-18,35H,12-14H2,1-11H3,(H,27,31)(H2,28,29,30,33,34)/t16-,17+,18?,25?/m1/s1. The zero-order chi connectivity index (χ0) is 31.8. The summed E-state index contributed by atoms with van der Waals surface area (Å²) in [6, 6.07) is -1.89. The van der Waals surface area contributed by atoms with Crippen LogP contribution in [0, 0.1) is 5.92 Å². The lowest BCUT2D eigenvalue weighted by Gasteiger charge is -2.42. The summed E-state index contributed by atoms with van der Waals surface area (Å²) in [5.74, 6) is -2.14. The van der Waals surface area contributed by atoms with E-state index in [-0.39, 0.29) is 25.4 Å². The van der Waals surface area contributed by atoms with E-state index in [1.807, 2.05) is 18.8 Å². The van der Waals surface area contributed by atoms with Gasteiger partial charge in [-0.1, -0.05) is 0 Å². The molecule has 0 aromatic rings. The zero-order valence-electron chi connectivity index (χ0n) is 25.8. The van der Waals surface area contributed by atoms with E-state index in [4.69, 9.17) is 14.2 Å². The number of rotatable bonds is 9. The summed E-state index contributed by atoms with van der Waals surface area (Å²) in [5.41, 5.74) is -3.06. The Hall–Kier alpha value is -1.84. The van der Waals surface area contributed by atoms with Crippen LogP contribution in [0.1, 0.15) is 68.2 Å². The lowest BCUT2D eigenvalue weighted by atomic mass is 9.92. The lowest BCUT2D eigenvalue weighted by Crippen LogP contribution is -2.54. The van der Waals surface area contributed by atoms with E-state index in [1.165, 1.54) is 42.2 Å². The van der Waals surface area contributed by atoms with Gasteiger partial charge in [-0.05, 0) is 80.1 Å². The second kappa shape index (κ2) is 15.1. The van der Waals surface area contributed by atoms with Gasteiger partial charge in [0.1, 0.15) is 26.3 Å². The van der Waals surface area contributed by atoms with E-state index >= 15 is 0 Å². The average molecular weight is 639 g/mol. The Kier molecular flexibility index (Phi) is 13.7. The molecule has 3 amide bonds. The maximum atomic E-state index is 13.1. The van der Waals surface area contributed by atoms with Crippen LogP contribution in [0.25, 0.3) is 0 Å². The molecular formula is C26H46N4O8S3. The lowest BCUT2D eigenvalue weighted by molar-refractivity contribution is -0.149. The summed E-state index contributed by atoms with van der Waals surface area (Å²) in [6.07, 6.45) is 3.97. The van der Waals surface area contributed by atoms with Crippen molar-refractivity contribution in [2.45, 2.75) is 101 Å². The van der Waals surface area contributed by atoms with Crippen LogP contribution in [0.4, 0.5) is 9.59 Å². The molecule has 41 heavy (non-hydrogen) atoms. The van der Waals surface area contributed by atoms with E-state index in [2.05, 4.69) is 20.9 Å². The van der Waals surface area contributed by atoms with Gasteiger partial charge >= 0.3 is 18.2 Å². The first-order chi connectivity index (χ1) is 18.7. The van der Waals surface area contributed by atoms with Crippen LogP contribution in [0.2, 0.25) is 0 Å². The minimum Gasteiger partial charge on any atom is -0.464 e. The van der Waals surface area contributed by atoms with Gasteiger partial charge in [0, 0.05) is 18.9 Å². The summed E-state index contributed by atoms with van der Waals surface area (Å²) >= 11 is 4.40. The molecule has 1 rings (SSSR count). The van der Waals surface area contributed by atoms with Crippen LogP contribution in [0.15, 0.2) is 4.99 Å². The molecule has 4 atom stereocenters. The van der Waals surface area contributed by atoms with Gasteiger partial charge < -0.3 is 30.0 Å². The van der Waals surface area contributed by atoms with E-state index < -0.39 is 62.3 Å². The van der Waals surface area contributed by atoms with Gasteiger partial charge in [-0.3, -0.25) is 10.1 Å². The summed E-state index contributed by atoms with van der Waals surface area (Å²) in [6.45, 7) is 13.1. The van der Waals surface area contributed by atoms with Gasteiger partial charge in [0.2, 0.25) is 11.9 Å². The van der Waals surface area contributed by atoms with Crippen molar-refractivity contribution in [3.63, 3.8) is 0 Å². The van der Waals surface area contributed by atoms with E-state index in [1.54, 1.807) is 48.5 Å². The number of thioether (sulfide) groups is 3. The number of hydrogen-bond acceptors (Lipinski definition) is 11. The van der Waals surface area contributed by atoms with Crippen molar-refractivity contribution in [3.05, 3.63) is 0 Å². The molecule has 2 unspecified atom stereocenters. The fourth-order valence-electron chi connectivity index (χ4n) is 4.55. The van der Waals surface area contributed by atoms with Crippen LogP contribution < -0.4 is 16.0 Å². The normalized spacial score (nSPS) is 22.4. The molecule has 0 radical (unpaired) electrons. The molecule has 0 spiro atoms. The molecule has 15 heteroatoms. The number of amides is 3. The van der Waals surface area contributed by atoms with Crippen molar-refractivity contribution in [1.82, 2.24) is 16.0 Å². The molecule has 1 fully saturated rings. The molecule has 0 bridgehead atoms. The third-order valence-corrected chi connectivity index (χ3v) is 11.6. The van der Waals surface area contributed by atoms with Gasteiger partial charge in [0.15, 0.2) is 0 Å². The van der Waals surface area contributed by atoms with Gasteiger partial charge in [-0.2, -0.15) is 0 Å². The number of guanidine groups is 1. The largest absolute Gasteiger partial charge is 0.464 e. The maximum Gasteiger partial charge on any atom is 0.437 e. The van der Waals surface area contributed by atoms with Crippen molar-refractivity contribution >= 4 is 65.3 Å². The highest BCUT2D eigenvalue weighted by Gasteiger charge is 2.59. The van der Waals surface area contributed by atoms with Gasteiger partial charge in [-0.25, -0.2) is 14.4 Å². The molecule has 236 valence electrons. The highest BCUT2D eigenvalue weighted by atomic mass is 32.3. The maximum absolute atomic E-state index is 13.1. The second-order valence-electron chi connectivity index (χ2n) is 11.5. The molecule has 0 aromatic carbocycles. The fourth-order valence-corrected chi connectivity index (χ4v) is 8.19. The minimum absolute atomic E-state index is 0.0824. The number of aliphatic imine (C=N–C) groups is 1. The predicted octanol–water partition coefficient (Wildman–Crippen LogP) is 3.71. The monoisotopic (exact) mass is 638 g/mol. The summed E-state index contributed by atoms with van der Waals surface area (Å²) in [4.78, 5) is 54.5.